The van der Waals surface area contributed by atoms with Crippen molar-refractivity contribution < 1.29 is 32.6 Å². The Hall–Kier alpha value is -3.41. The van der Waals surface area contributed by atoms with E-state index in [1.165, 1.54) is 41.7 Å². The molecule has 1 atom stereocenters. The standard InChI is InChI=1S/C27H27FN2O6S2/c1-27(2)11-20-26(38(34,35)15-27)25(30(23(33)12-31)21-4-3-5-22(32)24(21)29-20)18-7-6-17(10-19(18)28)36-13-16-8-9-37-14-16/h3-10,14,25,29,31-32H,11-13,15H2,1-2H3. The number of aliphatic hydroxyl groups is 1. The Bertz CT molecular complexity index is 1530. The van der Waals surface area contributed by atoms with Crippen LogP contribution in [-0.2, 0) is 21.2 Å². The molecular formula is C27H27FN2O6S2. The number of fused-ring (bicyclic) bond motifs is 1. The van der Waals surface area contributed by atoms with Crippen LogP contribution in [0.2, 0.25) is 0 Å². The van der Waals surface area contributed by atoms with Gasteiger partial charge >= 0.3 is 0 Å². The number of anilines is 2. The molecule has 38 heavy (non-hydrogen) atoms. The minimum atomic E-state index is -4.02. The van der Waals surface area contributed by atoms with Gasteiger partial charge < -0.3 is 20.3 Å². The van der Waals surface area contributed by atoms with E-state index in [0.29, 0.717) is 0 Å². The van der Waals surface area contributed by atoms with Crippen LogP contribution in [0.5, 0.6) is 11.5 Å². The van der Waals surface area contributed by atoms with Gasteiger partial charge in [0.2, 0.25) is 0 Å². The average Bonchev–Trinajstić information content (AvgIpc) is 3.31. The van der Waals surface area contributed by atoms with E-state index in [0.717, 1.165) is 16.5 Å². The second-order valence-corrected chi connectivity index (χ2v) is 12.9. The number of aromatic hydroxyl groups is 1. The molecule has 5 rings (SSSR count). The predicted molar refractivity (Wildman–Crippen MR) is 143 cm³/mol. The van der Waals surface area contributed by atoms with Gasteiger partial charge in [-0.2, -0.15) is 11.3 Å². The molecule has 0 fully saturated rings. The molecule has 0 saturated carbocycles. The summed E-state index contributed by atoms with van der Waals surface area (Å²) in [5.41, 5.74) is 0.675. The molecule has 0 aliphatic carbocycles. The number of thiophene rings is 1. The third-order valence-corrected chi connectivity index (χ3v) is 9.62. The topological polar surface area (TPSA) is 116 Å². The van der Waals surface area contributed by atoms with Gasteiger partial charge in [-0.05, 0) is 58.5 Å². The van der Waals surface area contributed by atoms with Crippen molar-refractivity contribution in [2.45, 2.75) is 32.9 Å². The summed E-state index contributed by atoms with van der Waals surface area (Å²) in [7, 11) is -4.02. The summed E-state index contributed by atoms with van der Waals surface area (Å²) in [6.45, 7) is 2.89. The fourth-order valence-corrected chi connectivity index (χ4v) is 8.11. The molecule has 3 N–H and O–H groups in total. The molecule has 0 radical (unpaired) electrons. The monoisotopic (exact) mass is 558 g/mol. The molecule has 1 unspecified atom stereocenters. The molecule has 2 aliphatic heterocycles. The third-order valence-electron chi connectivity index (χ3n) is 6.59. The summed E-state index contributed by atoms with van der Waals surface area (Å²) in [5, 5.41) is 27.4. The lowest BCUT2D eigenvalue weighted by atomic mass is 9.88. The Morgan fingerprint density at radius 2 is 2.05 bits per heavy atom. The molecule has 3 heterocycles. The highest BCUT2D eigenvalue weighted by Crippen LogP contribution is 2.51. The number of nitrogens with zero attached hydrogens (tertiary/aromatic N) is 1. The van der Waals surface area contributed by atoms with Gasteiger partial charge in [-0.3, -0.25) is 9.69 Å². The SMILES string of the molecule is CC1(C)CC2=C(C(c3ccc(OCc4ccsc4)cc3F)N(C(=O)CO)c3cccc(O)c3N2)S(=O)(=O)C1. The van der Waals surface area contributed by atoms with Gasteiger partial charge in [0.1, 0.15) is 42.3 Å². The number of para-hydroxylation sites is 1. The van der Waals surface area contributed by atoms with Gasteiger partial charge in [0.25, 0.3) is 5.91 Å². The van der Waals surface area contributed by atoms with E-state index in [-0.39, 0.29) is 57.8 Å². The van der Waals surface area contributed by atoms with Gasteiger partial charge in [-0.15, -0.1) is 0 Å². The van der Waals surface area contributed by atoms with Crippen LogP contribution in [0.15, 0.2) is 63.8 Å². The Balaban J connectivity index is 1.70. The minimum Gasteiger partial charge on any atom is -0.506 e. The number of phenolic OH excluding ortho intramolecular Hbond substituents is 1. The van der Waals surface area contributed by atoms with Gasteiger partial charge in [0.05, 0.1) is 16.3 Å². The number of halogens is 1. The highest BCUT2D eigenvalue weighted by Gasteiger charge is 2.47. The highest BCUT2D eigenvalue weighted by atomic mass is 32.2. The van der Waals surface area contributed by atoms with Crippen LogP contribution in [0, 0.1) is 11.2 Å². The normalized spacial score (nSPS) is 19.7. The third kappa shape index (κ3) is 4.77. The zero-order chi connectivity index (χ0) is 27.2. The van der Waals surface area contributed by atoms with Gasteiger partial charge in [-0.1, -0.05) is 19.9 Å². The number of hydrogen-bond donors (Lipinski definition) is 3. The van der Waals surface area contributed by atoms with E-state index in [4.69, 9.17) is 4.74 Å². The van der Waals surface area contributed by atoms with Crippen LogP contribution in [0.4, 0.5) is 15.8 Å². The summed E-state index contributed by atoms with van der Waals surface area (Å²) in [4.78, 5) is 14.1. The molecule has 3 aromatic rings. The van der Waals surface area contributed by atoms with Crippen LogP contribution in [0.1, 0.15) is 37.4 Å². The lowest BCUT2D eigenvalue weighted by Gasteiger charge is -2.37. The first-order chi connectivity index (χ1) is 18.0. The van der Waals surface area contributed by atoms with Crippen LogP contribution in [-0.4, -0.2) is 36.9 Å². The zero-order valence-electron chi connectivity index (χ0n) is 20.8. The van der Waals surface area contributed by atoms with Crippen LogP contribution in [0.25, 0.3) is 0 Å². The number of aliphatic hydroxyl groups excluding tert-OH is 1. The van der Waals surface area contributed by atoms with Crippen molar-refractivity contribution in [3.8, 4) is 11.5 Å². The van der Waals surface area contributed by atoms with Crippen LogP contribution < -0.4 is 15.0 Å². The summed E-state index contributed by atoms with van der Waals surface area (Å²) in [6.07, 6.45) is 0.274. The second-order valence-electron chi connectivity index (χ2n) is 10.2. The van der Waals surface area contributed by atoms with Crippen molar-refractivity contribution in [2.24, 2.45) is 5.41 Å². The maximum atomic E-state index is 15.8. The molecule has 8 nitrogen and oxygen atoms in total. The lowest BCUT2D eigenvalue weighted by Crippen LogP contribution is -2.42. The fourth-order valence-electron chi connectivity index (χ4n) is 5.10. The number of ether oxygens (including phenoxy) is 1. The number of allylic oxidation sites excluding steroid dienone is 1. The number of amides is 1. The van der Waals surface area contributed by atoms with Gasteiger partial charge in [0.15, 0.2) is 9.84 Å². The number of sulfone groups is 1. The molecule has 1 aromatic heterocycles. The van der Waals surface area contributed by atoms with Crippen LogP contribution in [0.3, 0.4) is 0 Å². The van der Waals surface area contributed by atoms with E-state index in [1.54, 1.807) is 13.8 Å². The van der Waals surface area contributed by atoms with Crippen molar-refractivity contribution in [2.75, 3.05) is 22.6 Å². The number of benzene rings is 2. The molecular weight excluding hydrogens is 531 g/mol. The number of carbonyl (C=O) groups excluding carboxylic acids is 1. The van der Waals surface area contributed by atoms with Crippen molar-refractivity contribution in [3.05, 3.63) is 80.8 Å². The molecule has 0 spiro atoms. The Kier molecular flexibility index (Phi) is 6.70. The Morgan fingerprint density at radius 3 is 2.74 bits per heavy atom. The van der Waals surface area contributed by atoms with Crippen molar-refractivity contribution in [1.29, 1.82) is 0 Å². The molecule has 2 aromatic carbocycles. The lowest BCUT2D eigenvalue weighted by molar-refractivity contribution is -0.121. The van der Waals surface area contributed by atoms with Crippen molar-refractivity contribution in [1.82, 2.24) is 0 Å². The first kappa shape index (κ1) is 26.2. The summed E-state index contributed by atoms with van der Waals surface area (Å²) < 4.78 is 49.1. The second kappa shape index (κ2) is 9.72. The predicted octanol–water partition coefficient (Wildman–Crippen LogP) is 4.72. The van der Waals surface area contributed by atoms with E-state index >= 15 is 4.39 Å². The first-order valence-electron chi connectivity index (χ1n) is 11.9. The fraction of sp³-hybridized carbons (Fsp3) is 0.296. The quantitative estimate of drug-likeness (QED) is 0.388. The summed E-state index contributed by atoms with van der Waals surface area (Å²) in [5.74, 6) is -1.82. The minimum absolute atomic E-state index is 0.0801. The van der Waals surface area contributed by atoms with Gasteiger partial charge in [-0.25, -0.2) is 12.8 Å². The molecule has 0 saturated heterocycles. The summed E-state index contributed by atoms with van der Waals surface area (Å²) in [6, 6.07) is 8.94. The Morgan fingerprint density at radius 1 is 1.26 bits per heavy atom. The van der Waals surface area contributed by atoms with Crippen molar-refractivity contribution >= 4 is 38.5 Å². The number of phenols is 1. The van der Waals surface area contributed by atoms with Crippen LogP contribution >= 0.6 is 11.3 Å². The van der Waals surface area contributed by atoms with E-state index in [1.807, 2.05) is 16.8 Å². The highest BCUT2D eigenvalue weighted by molar-refractivity contribution is 7.95. The van der Waals surface area contributed by atoms with Gasteiger partial charge in [0, 0.05) is 17.3 Å². The van der Waals surface area contributed by atoms with E-state index < -0.39 is 39.6 Å². The maximum Gasteiger partial charge on any atom is 0.253 e. The molecule has 0 bridgehead atoms. The van der Waals surface area contributed by atoms with E-state index in [9.17, 15) is 23.4 Å². The maximum absolute atomic E-state index is 15.8. The summed E-state index contributed by atoms with van der Waals surface area (Å²) >= 11 is 1.51. The number of hydrogen-bond acceptors (Lipinski definition) is 8. The first-order valence-corrected chi connectivity index (χ1v) is 14.5. The Labute approximate surface area is 223 Å². The number of nitrogens with one attached hydrogen (secondary N) is 1. The number of rotatable bonds is 5. The molecule has 2 aliphatic rings. The van der Waals surface area contributed by atoms with Crippen molar-refractivity contribution in [3.63, 3.8) is 0 Å². The zero-order valence-corrected chi connectivity index (χ0v) is 22.4. The molecule has 200 valence electrons. The molecule has 1 amide bonds. The molecule has 11 heteroatoms. The van der Waals surface area contributed by atoms with E-state index in [2.05, 4.69) is 5.32 Å². The smallest absolute Gasteiger partial charge is 0.253 e. The largest absolute Gasteiger partial charge is 0.506 e. The average molecular weight is 559 g/mol. The number of carbonyl (C=O) groups is 1.